The average Bonchev–Trinajstić information content (AvgIpc) is 2.20. The zero-order valence-electron chi connectivity index (χ0n) is 12.0. The largest absolute Gasteiger partial charge is 0.481 e. The Kier molecular flexibility index (Phi) is 7.96. The number of hydrogen-bond donors (Lipinski definition) is 3. The van der Waals surface area contributed by atoms with Gasteiger partial charge in [0.2, 0.25) is 0 Å². The Labute approximate surface area is 118 Å². The zero-order valence-corrected chi connectivity index (χ0v) is 12.9. The third kappa shape index (κ3) is 8.27. The van der Waals surface area contributed by atoms with Crippen LogP contribution in [0.2, 0.25) is 0 Å². The minimum absolute atomic E-state index is 0.225. The molecule has 0 spiro atoms. The minimum atomic E-state index is -3.83. The summed E-state index contributed by atoms with van der Waals surface area (Å²) in [6.45, 7) is 6.52. The van der Waals surface area contributed by atoms with Gasteiger partial charge in [-0.05, 0) is 34.1 Å². The molecule has 8 nitrogen and oxygen atoms in total. The van der Waals surface area contributed by atoms with Crippen LogP contribution in [-0.2, 0) is 23.2 Å². The zero-order chi connectivity index (χ0) is 15.9. The van der Waals surface area contributed by atoms with Crippen LogP contribution in [0.3, 0.4) is 0 Å². The summed E-state index contributed by atoms with van der Waals surface area (Å²) in [5.41, 5.74) is 0. The molecule has 0 rings (SSSR count). The Bertz CT molecular complexity index is 369. The van der Waals surface area contributed by atoms with Crippen LogP contribution < -0.4 is 5.09 Å². The van der Waals surface area contributed by atoms with Gasteiger partial charge in [0.1, 0.15) is 6.04 Å². The predicted octanol–water partition coefficient (Wildman–Crippen LogP) is 1.85. The molecule has 0 aliphatic carbocycles. The summed E-state index contributed by atoms with van der Waals surface area (Å²) >= 11 is 0. The van der Waals surface area contributed by atoms with E-state index in [1.807, 2.05) is 0 Å². The first kappa shape index (κ1) is 19.1. The lowest BCUT2D eigenvalue weighted by Gasteiger charge is -2.25. The SMILES string of the molecule is CC(C)OP(=O)(NC(CCC(=O)O)C(=O)O)OC(C)C. The van der Waals surface area contributed by atoms with Gasteiger partial charge in [0, 0.05) is 6.42 Å². The maximum absolute atomic E-state index is 12.4. The molecule has 0 aliphatic heterocycles. The fourth-order valence-corrected chi connectivity index (χ4v) is 3.25. The van der Waals surface area contributed by atoms with E-state index in [1.54, 1.807) is 27.7 Å². The first-order chi connectivity index (χ1) is 9.05. The fourth-order valence-electron chi connectivity index (χ4n) is 1.34. The van der Waals surface area contributed by atoms with Gasteiger partial charge < -0.3 is 10.2 Å². The van der Waals surface area contributed by atoms with E-state index in [2.05, 4.69) is 5.09 Å². The molecule has 0 aliphatic rings. The monoisotopic (exact) mass is 311 g/mol. The lowest BCUT2D eigenvalue weighted by molar-refractivity contribution is -0.140. The second kappa shape index (κ2) is 8.36. The molecule has 20 heavy (non-hydrogen) atoms. The molecule has 1 unspecified atom stereocenters. The smallest absolute Gasteiger partial charge is 0.406 e. The Morgan fingerprint density at radius 3 is 1.85 bits per heavy atom. The summed E-state index contributed by atoms with van der Waals surface area (Å²) in [5, 5.41) is 19.9. The van der Waals surface area contributed by atoms with Crippen LogP contribution in [0.15, 0.2) is 0 Å². The molecule has 0 amide bonds. The number of aliphatic carboxylic acids is 2. The summed E-state index contributed by atoms with van der Waals surface area (Å²) in [7, 11) is -3.83. The van der Waals surface area contributed by atoms with Crippen molar-refractivity contribution in [3.05, 3.63) is 0 Å². The minimum Gasteiger partial charge on any atom is -0.481 e. The topological polar surface area (TPSA) is 122 Å². The molecule has 0 aromatic rings. The van der Waals surface area contributed by atoms with E-state index in [9.17, 15) is 14.2 Å². The van der Waals surface area contributed by atoms with Gasteiger partial charge in [0.05, 0.1) is 12.2 Å². The molecule has 0 heterocycles. The predicted molar refractivity (Wildman–Crippen MR) is 71.5 cm³/mol. The molecule has 0 radical (unpaired) electrons. The molecule has 0 bridgehead atoms. The number of nitrogens with one attached hydrogen (secondary N) is 1. The molecule has 9 heteroatoms. The highest BCUT2D eigenvalue weighted by atomic mass is 31.2. The van der Waals surface area contributed by atoms with Crippen molar-refractivity contribution in [3.63, 3.8) is 0 Å². The van der Waals surface area contributed by atoms with E-state index in [1.165, 1.54) is 0 Å². The van der Waals surface area contributed by atoms with Crippen molar-refractivity contribution in [1.82, 2.24) is 5.09 Å². The van der Waals surface area contributed by atoms with Gasteiger partial charge in [0.15, 0.2) is 0 Å². The van der Waals surface area contributed by atoms with Crippen LogP contribution in [0.4, 0.5) is 0 Å². The number of hydrogen-bond acceptors (Lipinski definition) is 5. The quantitative estimate of drug-likeness (QED) is 0.522. The second-order valence-corrected chi connectivity index (χ2v) is 6.43. The van der Waals surface area contributed by atoms with Gasteiger partial charge in [-0.25, -0.2) is 9.65 Å². The van der Waals surface area contributed by atoms with Crippen molar-refractivity contribution in [2.45, 2.75) is 58.8 Å². The first-order valence-corrected chi connectivity index (χ1v) is 7.79. The normalized spacial score (nSPS) is 13.7. The molecule has 0 saturated carbocycles. The van der Waals surface area contributed by atoms with Crippen LogP contribution in [0.1, 0.15) is 40.5 Å². The standard InChI is InChI=1S/C11H22NO7P/c1-7(2)18-20(17,19-8(3)4)12-9(11(15)16)5-6-10(13)14/h7-9H,5-6H2,1-4H3,(H,12,17)(H,13,14)(H,15,16). The van der Waals surface area contributed by atoms with Gasteiger partial charge in [-0.2, -0.15) is 0 Å². The highest BCUT2D eigenvalue weighted by molar-refractivity contribution is 7.51. The first-order valence-electron chi connectivity index (χ1n) is 6.25. The summed E-state index contributed by atoms with van der Waals surface area (Å²) < 4.78 is 22.7. The summed E-state index contributed by atoms with van der Waals surface area (Å²) in [4.78, 5) is 21.6. The molecule has 118 valence electrons. The number of carbonyl (C=O) groups is 2. The Morgan fingerprint density at radius 2 is 1.55 bits per heavy atom. The Balaban J connectivity index is 4.92. The number of carboxylic acid groups (broad SMARTS) is 2. The van der Waals surface area contributed by atoms with Crippen LogP contribution in [0, 0.1) is 0 Å². The van der Waals surface area contributed by atoms with E-state index >= 15 is 0 Å². The van der Waals surface area contributed by atoms with Gasteiger partial charge in [-0.1, -0.05) is 0 Å². The van der Waals surface area contributed by atoms with Gasteiger partial charge >= 0.3 is 19.7 Å². The van der Waals surface area contributed by atoms with Gasteiger partial charge in [-0.3, -0.25) is 18.6 Å². The van der Waals surface area contributed by atoms with Crippen molar-refractivity contribution >= 4 is 19.7 Å². The van der Waals surface area contributed by atoms with Crippen molar-refractivity contribution in [1.29, 1.82) is 0 Å². The van der Waals surface area contributed by atoms with Gasteiger partial charge in [-0.15, -0.1) is 0 Å². The summed E-state index contributed by atoms with van der Waals surface area (Å²) in [6.07, 6.45) is -1.48. The fraction of sp³-hybridized carbons (Fsp3) is 0.818. The molecule has 0 fully saturated rings. The molecule has 0 aromatic carbocycles. The molecule has 0 aromatic heterocycles. The van der Waals surface area contributed by atoms with Crippen LogP contribution in [0.5, 0.6) is 0 Å². The van der Waals surface area contributed by atoms with E-state index in [0.29, 0.717) is 0 Å². The number of rotatable bonds is 10. The van der Waals surface area contributed by atoms with Crippen LogP contribution in [0.25, 0.3) is 0 Å². The average molecular weight is 311 g/mol. The van der Waals surface area contributed by atoms with Crippen LogP contribution in [-0.4, -0.2) is 40.4 Å². The van der Waals surface area contributed by atoms with Crippen LogP contribution >= 0.6 is 7.75 Å². The third-order valence-corrected chi connectivity index (χ3v) is 3.98. The Morgan fingerprint density at radius 1 is 1.10 bits per heavy atom. The van der Waals surface area contributed by atoms with Crippen molar-refractivity contribution in [2.75, 3.05) is 0 Å². The maximum atomic E-state index is 12.4. The lowest BCUT2D eigenvalue weighted by Crippen LogP contribution is -2.37. The summed E-state index contributed by atoms with van der Waals surface area (Å²) in [6, 6.07) is -1.32. The molecular weight excluding hydrogens is 289 g/mol. The van der Waals surface area contributed by atoms with E-state index in [4.69, 9.17) is 19.3 Å². The molecule has 3 N–H and O–H groups in total. The highest BCUT2D eigenvalue weighted by Crippen LogP contribution is 2.47. The van der Waals surface area contributed by atoms with Gasteiger partial charge in [0.25, 0.3) is 0 Å². The third-order valence-electron chi connectivity index (χ3n) is 1.96. The second-order valence-electron chi connectivity index (χ2n) is 4.76. The lowest BCUT2D eigenvalue weighted by atomic mass is 10.2. The maximum Gasteiger partial charge on any atom is 0.406 e. The summed E-state index contributed by atoms with van der Waals surface area (Å²) in [5.74, 6) is -2.45. The van der Waals surface area contributed by atoms with Crippen molar-refractivity contribution in [2.24, 2.45) is 0 Å². The van der Waals surface area contributed by atoms with E-state index < -0.39 is 37.9 Å². The molecule has 1 atom stereocenters. The molecular formula is C11H22NO7P. The van der Waals surface area contributed by atoms with Crippen molar-refractivity contribution in [3.8, 4) is 0 Å². The van der Waals surface area contributed by atoms with E-state index in [-0.39, 0.29) is 12.8 Å². The van der Waals surface area contributed by atoms with E-state index in [0.717, 1.165) is 0 Å². The molecule has 0 saturated heterocycles. The number of carboxylic acids is 2. The highest BCUT2D eigenvalue weighted by Gasteiger charge is 2.34. The van der Waals surface area contributed by atoms with Crippen molar-refractivity contribution < 1.29 is 33.4 Å². The Hall–Kier alpha value is -0.950.